The molecule has 0 aromatic heterocycles. The van der Waals surface area contributed by atoms with E-state index < -0.39 is 0 Å². The fourth-order valence-electron chi connectivity index (χ4n) is 1.16. The molecule has 2 rings (SSSR count). The van der Waals surface area contributed by atoms with Crippen molar-refractivity contribution >= 4 is 17.6 Å². The minimum Gasteiger partial charge on any atom is -0.326 e. The third-order valence-corrected chi connectivity index (χ3v) is 2.50. The van der Waals surface area contributed by atoms with Crippen LogP contribution in [0.15, 0.2) is 29.7 Å². The van der Waals surface area contributed by atoms with E-state index in [9.17, 15) is 0 Å². The predicted molar refractivity (Wildman–Crippen MR) is 56.2 cm³/mol. The first-order chi connectivity index (χ1) is 6.40. The highest BCUT2D eigenvalue weighted by Crippen LogP contribution is 2.18. The van der Waals surface area contributed by atoms with Crippen molar-refractivity contribution in [2.24, 2.45) is 5.73 Å². The fourth-order valence-corrected chi connectivity index (χ4v) is 1.70. The lowest BCUT2D eigenvalue weighted by Gasteiger charge is -2.03. The molecule has 13 heavy (non-hydrogen) atoms. The van der Waals surface area contributed by atoms with Crippen molar-refractivity contribution in [2.45, 2.75) is 6.54 Å². The third kappa shape index (κ3) is 1.85. The predicted octanol–water partition coefficient (Wildman–Crippen LogP) is 1.20. The smallest absolute Gasteiger partial charge is 0.0645 e. The average molecular weight is 193 g/mol. The molecule has 0 spiro atoms. The topological polar surface area (TPSA) is 50.1 Å². The van der Waals surface area contributed by atoms with Crippen LogP contribution < -0.4 is 16.0 Å². The Morgan fingerprint density at radius 1 is 1.23 bits per heavy atom. The molecule has 1 aliphatic heterocycles. The van der Waals surface area contributed by atoms with E-state index in [1.54, 1.807) is 0 Å². The molecule has 1 aliphatic rings. The lowest BCUT2D eigenvalue weighted by atomic mass is 10.1. The minimum atomic E-state index is 0.597. The SMILES string of the molecule is NCc1ccc(C2=CSNN2)cc1. The highest BCUT2D eigenvalue weighted by Gasteiger charge is 2.05. The fraction of sp³-hybridized carbons (Fsp3) is 0.111. The van der Waals surface area contributed by atoms with E-state index in [1.165, 1.54) is 17.5 Å². The Kier molecular flexibility index (Phi) is 2.54. The molecular weight excluding hydrogens is 182 g/mol. The van der Waals surface area contributed by atoms with Gasteiger partial charge in [0.2, 0.25) is 0 Å². The zero-order chi connectivity index (χ0) is 9.10. The average Bonchev–Trinajstić information content (AvgIpc) is 2.71. The van der Waals surface area contributed by atoms with Crippen LogP contribution in [0, 0.1) is 0 Å². The quantitative estimate of drug-likeness (QED) is 0.618. The highest BCUT2D eigenvalue weighted by molar-refractivity contribution is 8.00. The number of hydrogen-bond donors (Lipinski definition) is 3. The third-order valence-electron chi connectivity index (χ3n) is 1.92. The van der Waals surface area contributed by atoms with Gasteiger partial charge in [-0.1, -0.05) is 24.3 Å². The van der Waals surface area contributed by atoms with Crippen LogP contribution in [-0.2, 0) is 6.54 Å². The lowest BCUT2D eigenvalue weighted by Crippen LogP contribution is -2.17. The maximum absolute atomic E-state index is 5.51. The Morgan fingerprint density at radius 3 is 2.54 bits per heavy atom. The van der Waals surface area contributed by atoms with E-state index in [0.717, 1.165) is 11.3 Å². The van der Waals surface area contributed by atoms with Gasteiger partial charge in [-0.15, -0.1) is 0 Å². The van der Waals surface area contributed by atoms with Crippen molar-refractivity contribution in [3.63, 3.8) is 0 Å². The summed E-state index contributed by atoms with van der Waals surface area (Å²) in [4.78, 5) is 2.95. The number of nitrogens with one attached hydrogen (secondary N) is 2. The van der Waals surface area contributed by atoms with Crippen molar-refractivity contribution in [1.82, 2.24) is 10.3 Å². The summed E-state index contributed by atoms with van der Waals surface area (Å²) in [6.45, 7) is 0.597. The van der Waals surface area contributed by atoms with Crippen molar-refractivity contribution in [3.8, 4) is 0 Å². The first-order valence-corrected chi connectivity index (χ1v) is 4.94. The van der Waals surface area contributed by atoms with Crippen molar-refractivity contribution in [2.75, 3.05) is 0 Å². The Morgan fingerprint density at radius 2 is 2.00 bits per heavy atom. The number of hydrogen-bond acceptors (Lipinski definition) is 4. The van der Waals surface area contributed by atoms with E-state index in [2.05, 4.69) is 22.4 Å². The standard InChI is InChI=1S/C9H11N3S/c10-5-7-1-3-8(4-2-7)9-6-13-12-11-9/h1-4,6,11-12H,5,10H2. The molecule has 68 valence electrons. The van der Waals surface area contributed by atoms with E-state index in [0.29, 0.717) is 6.54 Å². The van der Waals surface area contributed by atoms with E-state index in [4.69, 9.17) is 5.73 Å². The molecule has 0 amide bonds. The Labute approximate surface area is 81.5 Å². The second-order valence-electron chi connectivity index (χ2n) is 2.78. The molecule has 4 N–H and O–H groups in total. The van der Waals surface area contributed by atoms with Crippen molar-refractivity contribution < 1.29 is 0 Å². The van der Waals surface area contributed by atoms with Gasteiger partial charge in [0.15, 0.2) is 0 Å². The zero-order valence-electron chi connectivity index (χ0n) is 7.08. The normalized spacial score (nSPS) is 15.3. The minimum absolute atomic E-state index is 0.597. The monoisotopic (exact) mass is 193 g/mol. The summed E-state index contributed by atoms with van der Waals surface area (Å²) in [5.41, 5.74) is 12.0. The first-order valence-electron chi connectivity index (χ1n) is 4.06. The van der Waals surface area contributed by atoms with Gasteiger partial charge in [0.05, 0.1) is 5.70 Å². The van der Waals surface area contributed by atoms with Gasteiger partial charge in [-0.2, -0.15) is 4.83 Å². The molecule has 0 unspecified atom stereocenters. The van der Waals surface area contributed by atoms with Crippen molar-refractivity contribution in [1.29, 1.82) is 0 Å². The van der Waals surface area contributed by atoms with Gasteiger partial charge in [-0.05, 0) is 23.1 Å². The second-order valence-corrected chi connectivity index (χ2v) is 3.45. The maximum atomic E-state index is 5.51. The van der Waals surface area contributed by atoms with E-state index in [1.807, 2.05) is 17.5 Å². The van der Waals surface area contributed by atoms with E-state index in [-0.39, 0.29) is 0 Å². The summed E-state index contributed by atoms with van der Waals surface area (Å²) in [5, 5.41) is 2.04. The molecule has 1 heterocycles. The Bertz CT molecular complexity index is 318. The number of hydrazine groups is 1. The van der Waals surface area contributed by atoms with Gasteiger partial charge < -0.3 is 11.2 Å². The van der Waals surface area contributed by atoms with Gasteiger partial charge in [-0.25, -0.2) is 0 Å². The molecule has 3 nitrogen and oxygen atoms in total. The van der Waals surface area contributed by atoms with Crippen LogP contribution in [0.1, 0.15) is 11.1 Å². The van der Waals surface area contributed by atoms with Gasteiger partial charge in [-0.3, -0.25) is 0 Å². The molecule has 0 saturated carbocycles. The summed E-state index contributed by atoms with van der Waals surface area (Å²) in [6.07, 6.45) is 0. The molecule has 1 aromatic carbocycles. The molecule has 0 radical (unpaired) electrons. The first kappa shape index (κ1) is 8.62. The van der Waals surface area contributed by atoms with Crippen LogP contribution in [0.5, 0.6) is 0 Å². The summed E-state index contributed by atoms with van der Waals surface area (Å²) >= 11 is 1.54. The molecular formula is C9H11N3S. The van der Waals surface area contributed by atoms with E-state index >= 15 is 0 Å². The number of nitrogens with two attached hydrogens (primary N) is 1. The van der Waals surface area contributed by atoms with Gasteiger partial charge in [0.25, 0.3) is 0 Å². The molecule has 4 heteroatoms. The second kappa shape index (κ2) is 3.83. The molecule has 1 aromatic rings. The van der Waals surface area contributed by atoms with Crippen LogP contribution in [0.2, 0.25) is 0 Å². The lowest BCUT2D eigenvalue weighted by molar-refractivity contribution is 0.916. The Hall–Kier alpha value is -0.970. The number of benzene rings is 1. The molecule has 0 saturated heterocycles. The van der Waals surface area contributed by atoms with Gasteiger partial charge in [0.1, 0.15) is 0 Å². The van der Waals surface area contributed by atoms with Crippen LogP contribution in [0.25, 0.3) is 5.70 Å². The largest absolute Gasteiger partial charge is 0.326 e. The summed E-state index contributed by atoms with van der Waals surface area (Å²) in [7, 11) is 0. The molecule has 0 atom stereocenters. The van der Waals surface area contributed by atoms with Gasteiger partial charge in [0, 0.05) is 12.0 Å². The van der Waals surface area contributed by atoms with Crippen LogP contribution in [0.3, 0.4) is 0 Å². The molecule has 0 fully saturated rings. The summed E-state index contributed by atoms with van der Waals surface area (Å²) < 4.78 is 0. The maximum Gasteiger partial charge on any atom is 0.0645 e. The van der Waals surface area contributed by atoms with Crippen LogP contribution in [-0.4, -0.2) is 0 Å². The van der Waals surface area contributed by atoms with Crippen LogP contribution >= 0.6 is 11.9 Å². The zero-order valence-corrected chi connectivity index (χ0v) is 7.90. The van der Waals surface area contributed by atoms with Crippen LogP contribution in [0.4, 0.5) is 0 Å². The summed E-state index contributed by atoms with van der Waals surface area (Å²) in [6, 6.07) is 8.21. The Balaban J connectivity index is 2.22. The van der Waals surface area contributed by atoms with Gasteiger partial charge >= 0.3 is 0 Å². The highest BCUT2D eigenvalue weighted by atomic mass is 32.2. The van der Waals surface area contributed by atoms with Crippen molar-refractivity contribution in [3.05, 3.63) is 40.8 Å². The molecule has 0 aliphatic carbocycles. The number of rotatable bonds is 2. The summed E-state index contributed by atoms with van der Waals surface area (Å²) in [5.74, 6) is 0. The molecule has 0 bridgehead atoms.